The Hall–Kier alpha value is -2.88. The van der Waals surface area contributed by atoms with Crippen molar-refractivity contribution >= 4 is 55.1 Å². The number of hydrogen-bond donors (Lipinski definition) is 1. The maximum absolute atomic E-state index is 14.0. The van der Waals surface area contributed by atoms with Gasteiger partial charge in [-0.25, -0.2) is 8.42 Å². The largest absolute Gasteiger partial charge is 0.352 e. The molecule has 10 heteroatoms. The van der Waals surface area contributed by atoms with Gasteiger partial charge in [-0.15, -0.1) is 0 Å². The van der Waals surface area contributed by atoms with E-state index in [4.69, 9.17) is 11.6 Å². The molecule has 39 heavy (non-hydrogen) atoms. The van der Waals surface area contributed by atoms with Crippen molar-refractivity contribution in [1.82, 2.24) is 10.2 Å². The van der Waals surface area contributed by atoms with Crippen LogP contribution >= 0.6 is 27.5 Å². The lowest BCUT2D eigenvalue weighted by atomic mass is 10.1. The molecule has 0 aromatic heterocycles. The van der Waals surface area contributed by atoms with Crippen LogP contribution in [0.1, 0.15) is 38.3 Å². The van der Waals surface area contributed by atoms with Crippen LogP contribution in [0.2, 0.25) is 5.02 Å². The highest BCUT2D eigenvalue weighted by molar-refractivity contribution is 9.10. The fourth-order valence-electron chi connectivity index (χ4n) is 3.97. The number of nitrogens with one attached hydrogen (secondary N) is 1. The predicted octanol–water partition coefficient (Wildman–Crippen LogP) is 5.94. The fraction of sp³-hybridized carbons (Fsp3) is 0.310. The van der Waals surface area contributed by atoms with Crippen LogP contribution in [0, 0.1) is 6.92 Å². The quantitative estimate of drug-likeness (QED) is 0.283. The summed E-state index contributed by atoms with van der Waals surface area (Å²) in [7, 11) is -4.13. The van der Waals surface area contributed by atoms with E-state index in [0.717, 1.165) is 20.8 Å². The van der Waals surface area contributed by atoms with E-state index in [0.29, 0.717) is 16.3 Å². The lowest BCUT2D eigenvalue weighted by molar-refractivity contribution is -0.139. The van der Waals surface area contributed by atoms with Gasteiger partial charge in [0.05, 0.1) is 10.6 Å². The highest BCUT2D eigenvalue weighted by Crippen LogP contribution is 2.29. The van der Waals surface area contributed by atoms with Crippen LogP contribution in [0.15, 0.2) is 82.2 Å². The average molecular weight is 635 g/mol. The predicted molar refractivity (Wildman–Crippen MR) is 159 cm³/mol. The van der Waals surface area contributed by atoms with E-state index in [2.05, 4.69) is 21.2 Å². The summed E-state index contributed by atoms with van der Waals surface area (Å²) >= 11 is 9.56. The second-order valence-electron chi connectivity index (χ2n) is 9.40. The zero-order valence-corrected chi connectivity index (χ0v) is 25.6. The van der Waals surface area contributed by atoms with Gasteiger partial charge >= 0.3 is 0 Å². The van der Waals surface area contributed by atoms with E-state index in [9.17, 15) is 18.0 Å². The van der Waals surface area contributed by atoms with Crippen LogP contribution in [0.3, 0.4) is 0 Å². The monoisotopic (exact) mass is 633 g/mol. The van der Waals surface area contributed by atoms with Gasteiger partial charge in [0.1, 0.15) is 12.6 Å². The lowest BCUT2D eigenvalue weighted by Crippen LogP contribution is -2.52. The molecule has 0 aliphatic carbocycles. The van der Waals surface area contributed by atoms with E-state index in [1.807, 2.05) is 38.1 Å². The van der Waals surface area contributed by atoms with E-state index in [1.165, 1.54) is 17.0 Å². The van der Waals surface area contributed by atoms with Crippen LogP contribution < -0.4 is 9.62 Å². The summed E-state index contributed by atoms with van der Waals surface area (Å²) in [5.41, 5.74) is 1.73. The summed E-state index contributed by atoms with van der Waals surface area (Å²) in [4.78, 5) is 28.5. The Labute approximate surface area is 244 Å². The molecule has 0 saturated carbocycles. The van der Waals surface area contributed by atoms with Crippen LogP contribution in [-0.4, -0.2) is 43.8 Å². The number of amides is 2. The minimum Gasteiger partial charge on any atom is -0.352 e. The molecule has 0 unspecified atom stereocenters. The van der Waals surface area contributed by atoms with Gasteiger partial charge in [-0.1, -0.05) is 64.8 Å². The fourth-order valence-corrected chi connectivity index (χ4v) is 5.96. The number of hydrogen-bond acceptors (Lipinski definition) is 4. The minimum absolute atomic E-state index is 0.0502. The van der Waals surface area contributed by atoms with Gasteiger partial charge in [-0.05, 0) is 80.8 Å². The number of rotatable bonds is 11. The third-order valence-corrected chi connectivity index (χ3v) is 9.01. The van der Waals surface area contributed by atoms with Crippen molar-refractivity contribution in [3.8, 4) is 0 Å². The molecular weight excluding hydrogens is 602 g/mol. The molecule has 0 bridgehead atoms. The number of carbonyl (C=O) groups is 2. The summed E-state index contributed by atoms with van der Waals surface area (Å²) < 4.78 is 29.7. The minimum atomic E-state index is -4.13. The number of anilines is 1. The summed E-state index contributed by atoms with van der Waals surface area (Å²) in [6.45, 7) is 6.86. The molecule has 2 atom stereocenters. The molecule has 0 heterocycles. The van der Waals surface area contributed by atoms with Gasteiger partial charge in [0, 0.05) is 22.1 Å². The average Bonchev–Trinajstić information content (AvgIpc) is 2.91. The van der Waals surface area contributed by atoms with Crippen molar-refractivity contribution in [1.29, 1.82) is 0 Å². The van der Waals surface area contributed by atoms with E-state index < -0.39 is 28.5 Å². The Bertz CT molecular complexity index is 1400. The van der Waals surface area contributed by atoms with Gasteiger partial charge < -0.3 is 10.2 Å². The Morgan fingerprint density at radius 3 is 2.23 bits per heavy atom. The zero-order valence-electron chi connectivity index (χ0n) is 22.4. The van der Waals surface area contributed by atoms with Crippen LogP contribution in [-0.2, 0) is 26.2 Å². The van der Waals surface area contributed by atoms with Crippen LogP contribution in [0.5, 0.6) is 0 Å². The first-order valence-electron chi connectivity index (χ1n) is 12.6. The molecule has 2 amide bonds. The number of benzene rings is 3. The van der Waals surface area contributed by atoms with Crippen molar-refractivity contribution in [3.63, 3.8) is 0 Å². The summed E-state index contributed by atoms with van der Waals surface area (Å²) in [5.74, 6) is -0.825. The number of nitrogens with zero attached hydrogens (tertiary/aromatic N) is 2. The summed E-state index contributed by atoms with van der Waals surface area (Å²) in [6.07, 6.45) is 0.734. The van der Waals surface area contributed by atoms with Crippen molar-refractivity contribution in [2.45, 2.75) is 57.6 Å². The maximum Gasteiger partial charge on any atom is 0.264 e. The molecule has 3 rings (SSSR count). The van der Waals surface area contributed by atoms with E-state index in [-0.39, 0.29) is 23.4 Å². The standard InChI is InChI=1S/C29H33BrClN3O4S/c1-5-21(3)32-29(36)22(4)33(18-23-11-13-24(30)14-12-23)28(35)19-34(27-16-15-25(31)17-20(27)2)39(37,38)26-9-7-6-8-10-26/h6-17,21-22H,5,18-19H2,1-4H3,(H,32,36)/t21-,22-/m0/s1. The molecule has 208 valence electrons. The van der Waals surface area contributed by atoms with Gasteiger partial charge in [0.25, 0.3) is 10.0 Å². The molecule has 7 nitrogen and oxygen atoms in total. The van der Waals surface area contributed by atoms with Gasteiger partial charge in [0.15, 0.2) is 0 Å². The second kappa shape index (κ2) is 13.5. The normalized spacial score (nSPS) is 12.9. The number of sulfonamides is 1. The zero-order chi connectivity index (χ0) is 28.7. The molecule has 0 spiro atoms. The van der Waals surface area contributed by atoms with Crippen LogP contribution in [0.4, 0.5) is 5.69 Å². The molecule has 1 N–H and O–H groups in total. The van der Waals surface area contributed by atoms with E-state index in [1.54, 1.807) is 50.2 Å². The molecule has 0 aliphatic heterocycles. The van der Waals surface area contributed by atoms with Crippen LogP contribution in [0.25, 0.3) is 0 Å². The Balaban J connectivity index is 2.04. The van der Waals surface area contributed by atoms with Gasteiger partial charge in [0.2, 0.25) is 11.8 Å². The Kier molecular flexibility index (Phi) is 10.6. The van der Waals surface area contributed by atoms with Gasteiger partial charge in [-0.3, -0.25) is 13.9 Å². The third-order valence-electron chi connectivity index (χ3n) is 6.47. The molecule has 0 radical (unpaired) electrons. The van der Waals surface area contributed by atoms with Crippen molar-refractivity contribution < 1.29 is 18.0 Å². The molecular formula is C29H33BrClN3O4S. The van der Waals surface area contributed by atoms with Gasteiger partial charge in [-0.2, -0.15) is 0 Å². The molecule has 3 aromatic rings. The first-order valence-corrected chi connectivity index (χ1v) is 15.2. The number of aryl methyl sites for hydroxylation is 1. The Morgan fingerprint density at radius 2 is 1.64 bits per heavy atom. The maximum atomic E-state index is 14.0. The van der Waals surface area contributed by atoms with Crippen molar-refractivity contribution in [2.24, 2.45) is 0 Å². The molecule has 0 fully saturated rings. The number of carbonyl (C=O) groups excluding carboxylic acids is 2. The van der Waals surface area contributed by atoms with Crippen molar-refractivity contribution in [2.75, 3.05) is 10.8 Å². The molecule has 0 saturated heterocycles. The second-order valence-corrected chi connectivity index (χ2v) is 12.6. The van der Waals surface area contributed by atoms with E-state index >= 15 is 0 Å². The lowest BCUT2D eigenvalue weighted by Gasteiger charge is -2.33. The highest BCUT2D eigenvalue weighted by atomic mass is 79.9. The highest BCUT2D eigenvalue weighted by Gasteiger charge is 2.33. The Morgan fingerprint density at radius 1 is 1.00 bits per heavy atom. The number of halogens is 2. The smallest absolute Gasteiger partial charge is 0.264 e. The molecule has 0 aliphatic rings. The summed E-state index contributed by atoms with van der Waals surface area (Å²) in [5, 5.41) is 3.38. The first-order chi connectivity index (χ1) is 18.4. The topological polar surface area (TPSA) is 86.8 Å². The summed E-state index contributed by atoms with van der Waals surface area (Å²) in [6, 6.07) is 19.3. The first kappa shape index (κ1) is 30.7. The SMILES string of the molecule is CC[C@H](C)NC(=O)[C@H](C)N(Cc1ccc(Br)cc1)C(=O)CN(c1ccc(Cl)cc1C)S(=O)(=O)c1ccccc1. The van der Waals surface area contributed by atoms with Crippen molar-refractivity contribution in [3.05, 3.63) is 93.4 Å². The molecule has 3 aromatic carbocycles. The third kappa shape index (κ3) is 7.84.